The van der Waals surface area contributed by atoms with Crippen molar-refractivity contribution >= 4 is 5.97 Å². The first-order chi connectivity index (χ1) is 8.67. The monoisotopic (exact) mass is 247 g/mol. The molecule has 1 aromatic heterocycles. The number of benzene rings is 1. The summed E-state index contributed by atoms with van der Waals surface area (Å²) in [5.41, 5.74) is 1.60. The Bertz CT molecular complexity index is 557. The second kappa shape index (κ2) is 4.91. The summed E-state index contributed by atoms with van der Waals surface area (Å²) in [6.07, 6.45) is 0. The second-order valence-electron chi connectivity index (χ2n) is 3.68. The van der Waals surface area contributed by atoms with E-state index < -0.39 is 5.97 Å². The fourth-order valence-electron chi connectivity index (χ4n) is 1.66. The van der Waals surface area contributed by atoms with Gasteiger partial charge >= 0.3 is 5.97 Å². The Hall–Kier alpha value is -2.30. The van der Waals surface area contributed by atoms with Crippen LogP contribution in [0.15, 0.2) is 28.8 Å². The van der Waals surface area contributed by atoms with Gasteiger partial charge in [0.1, 0.15) is 22.8 Å². The van der Waals surface area contributed by atoms with E-state index in [0.717, 1.165) is 11.3 Å². The number of carbonyl (C=O) groups excluding carboxylic acids is 1. The predicted octanol–water partition coefficient (Wildman–Crippen LogP) is 2.45. The van der Waals surface area contributed by atoms with E-state index in [9.17, 15) is 4.79 Å². The van der Waals surface area contributed by atoms with Gasteiger partial charge in [-0.05, 0) is 31.2 Å². The highest BCUT2D eigenvalue weighted by atomic mass is 16.5. The number of aromatic nitrogens is 1. The lowest BCUT2D eigenvalue weighted by molar-refractivity contribution is 0.0599. The molecule has 0 unspecified atom stereocenters. The summed E-state index contributed by atoms with van der Waals surface area (Å²) in [5.74, 6) is 0.714. The molecule has 0 spiro atoms. The lowest BCUT2D eigenvalue weighted by Crippen LogP contribution is -2.03. The average Bonchev–Trinajstić information content (AvgIpc) is 2.80. The van der Waals surface area contributed by atoms with Gasteiger partial charge in [-0.3, -0.25) is 0 Å². The van der Waals surface area contributed by atoms with E-state index in [1.54, 1.807) is 26.2 Å². The molecule has 2 aromatic rings. The largest absolute Gasteiger partial charge is 0.497 e. The Morgan fingerprint density at radius 3 is 2.44 bits per heavy atom. The number of aryl methyl sites for hydroxylation is 1. The van der Waals surface area contributed by atoms with Gasteiger partial charge in [0.15, 0.2) is 0 Å². The molecule has 0 N–H and O–H groups in total. The topological polar surface area (TPSA) is 61.6 Å². The number of esters is 1. The van der Waals surface area contributed by atoms with Gasteiger partial charge in [0.05, 0.1) is 14.2 Å². The molecule has 2 rings (SSSR count). The van der Waals surface area contributed by atoms with Crippen LogP contribution in [-0.2, 0) is 4.74 Å². The van der Waals surface area contributed by atoms with Crippen molar-refractivity contribution in [2.24, 2.45) is 0 Å². The number of hydrogen-bond acceptors (Lipinski definition) is 5. The smallest absolute Gasteiger partial charge is 0.343 e. The number of methoxy groups -OCH3 is 2. The first-order valence-corrected chi connectivity index (χ1v) is 5.36. The number of nitrogens with zero attached hydrogens (tertiary/aromatic N) is 1. The summed E-state index contributed by atoms with van der Waals surface area (Å²) in [6.45, 7) is 1.67. The molecule has 0 radical (unpaired) electrons. The molecule has 1 aromatic carbocycles. The minimum absolute atomic E-state index is 0.350. The molecule has 94 valence electrons. The molecule has 0 saturated carbocycles. The third-order valence-corrected chi connectivity index (χ3v) is 2.62. The Kier molecular flexibility index (Phi) is 3.32. The van der Waals surface area contributed by atoms with Crippen LogP contribution in [0, 0.1) is 6.92 Å². The fraction of sp³-hybridized carbons (Fsp3) is 0.231. The zero-order valence-corrected chi connectivity index (χ0v) is 10.4. The molecule has 0 aliphatic carbocycles. The second-order valence-corrected chi connectivity index (χ2v) is 3.68. The van der Waals surface area contributed by atoms with Crippen molar-refractivity contribution in [1.29, 1.82) is 0 Å². The third-order valence-electron chi connectivity index (χ3n) is 2.62. The number of rotatable bonds is 3. The Morgan fingerprint density at radius 2 is 1.89 bits per heavy atom. The van der Waals surface area contributed by atoms with Crippen molar-refractivity contribution in [2.45, 2.75) is 6.92 Å². The van der Waals surface area contributed by atoms with Gasteiger partial charge < -0.3 is 14.0 Å². The predicted molar refractivity (Wildman–Crippen MR) is 64.6 cm³/mol. The van der Waals surface area contributed by atoms with Gasteiger partial charge in [-0.1, -0.05) is 5.16 Å². The molecule has 5 heteroatoms. The highest BCUT2D eigenvalue weighted by Crippen LogP contribution is 2.27. The summed E-state index contributed by atoms with van der Waals surface area (Å²) >= 11 is 0. The normalized spacial score (nSPS) is 10.2. The lowest BCUT2D eigenvalue weighted by Gasteiger charge is -2.02. The van der Waals surface area contributed by atoms with E-state index in [1.165, 1.54) is 7.11 Å². The molecule has 0 saturated heterocycles. The van der Waals surface area contributed by atoms with Crippen LogP contribution in [0.25, 0.3) is 11.3 Å². The number of ether oxygens (including phenoxy) is 2. The maximum Gasteiger partial charge on any atom is 0.343 e. The van der Waals surface area contributed by atoms with Crippen LogP contribution in [0.5, 0.6) is 5.75 Å². The number of carbonyl (C=O) groups is 1. The first-order valence-electron chi connectivity index (χ1n) is 5.36. The van der Waals surface area contributed by atoms with Crippen LogP contribution in [0.3, 0.4) is 0 Å². The average molecular weight is 247 g/mol. The Morgan fingerprint density at radius 1 is 1.22 bits per heavy atom. The number of hydrogen-bond donors (Lipinski definition) is 0. The van der Waals surface area contributed by atoms with Crippen molar-refractivity contribution in [2.75, 3.05) is 14.2 Å². The molecular formula is C13H13NO4. The third kappa shape index (κ3) is 2.07. The first kappa shape index (κ1) is 12.2. The van der Waals surface area contributed by atoms with Gasteiger partial charge in [0.2, 0.25) is 0 Å². The molecule has 18 heavy (non-hydrogen) atoms. The zero-order valence-electron chi connectivity index (χ0n) is 10.4. The van der Waals surface area contributed by atoms with E-state index in [-0.39, 0.29) is 0 Å². The van der Waals surface area contributed by atoms with Crippen LogP contribution in [-0.4, -0.2) is 25.3 Å². The fourth-order valence-corrected chi connectivity index (χ4v) is 1.66. The summed E-state index contributed by atoms with van der Waals surface area (Å²) in [6, 6.07) is 7.20. The Balaban J connectivity index is 2.47. The van der Waals surface area contributed by atoms with E-state index >= 15 is 0 Å². The summed E-state index contributed by atoms with van der Waals surface area (Å²) in [5, 5.41) is 3.89. The van der Waals surface area contributed by atoms with E-state index in [2.05, 4.69) is 5.16 Å². The summed E-state index contributed by atoms with van der Waals surface area (Å²) in [4.78, 5) is 11.7. The van der Waals surface area contributed by atoms with Crippen LogP contribution in [0.4, 0.5) is 0 Å². The molecule has 1 heterocycles. The Labute approximate surface area is 104 Å². The van der Waals surface area contributed by atoms with Crippen molar-refractivity contribution in [3.05, 3.63) is 35.6 Å². The quantitative estimate of drug-likeness (QED) is 0.779. The van der Waals surface area contributed by atoms with Crippen molar-refractivity contribution in [1.82, 2.24) is 5.16 Å². The molecule has 0 aliphatic rings. The molecular weight excluding hydrogens is 234 g/mol. The van der Waals surface area contributed by atoms with Gasteiger partial charge in [-0.25, -0.2) is 4.79 Å². The van der Waals surface area contributed by atoms with Crippen LogP contribution in [0.1, 0.15) is 16.1 Å². The molecule has 0 atom stereocenters. The van der Waals surface area contributed by atoms with Crippen LogP contribution >= 0.6 is 0 Å². The van der Waals surface area contributed by atoms with Crippen molar-refractivity contribution in [3.8, 4) is 17.0 Å². The van der Waals surface area contributed by atoms with Crippen molar-refractivity contribution in [3.63, 3.8) is 0 Å². The zero-order chi connectivity index (χ0) is 13.1. The molecule has 0 amide bonds. The van der Waals surface area contributed by atoms with Crippen LogP contribution < -0.4 is 4.74 Å². The van der Waals surface area contributed by atoms with Gasteiger partial charge in [-0.2, -0.15) is 0 Å². The summed E-state index contributed by atoms with van der Waals surface area (Å²) < 4.78 is 14.8. The van der Waals surface area contributed by atoms with Gasteiger partial charge in [0, 0.05) is 5.56 Å². The summed E-state index contributed by atoms with van der Waals surface area (Å²) in [7, 11) is 2.92. The van der Waals surface area contributed by atoms with Gasteiger partial charge in [-0.15, -0.1) is 0 Å². The molecule has 5 nitrogen and oxygen atoms in total. The molecule has 0 aliphatic heterocycles. The van der Waals surface area contributed by atoms with Crippen LogP contribution in [0.2, 0.25) is 0 Å². The van der Waals surface area contributed by atoms with Crippen molar-refractivity contribution < 1.29 is 18.8 Å². The minimum atomic E-state index is -0.459. The SMILES string of the molecule is COC(=O)c1c(-c2ccc(OC)cc2)noc1C. The van der Waals surface area contributed by atoms with E-state index in [4.69, 9.17) is 14.0 Å². The standard InChI is InChI=1S/C13H13NO4/c1-8-11(13(15)17-3)12(14-18-8)9-4-6-10(16-2)7-5-9/h4-7H,1-3H3. The van der Waals surface area contributed by atoms with E-state index in [1.807, 2.05) is 12.1 Å². The molecule has 0 bridgehead atoms. The highest BCUT2D eigenvalue weighted by molar-refractivity contribution is 5.96. The highest BCUT2D eigenvalue weighted by Gasteiger charge is 2.21. The minimum Gasteiger partial charge on any atom is -0.497 e. The van der Waals surface area contributed by atoms with E-state index in [0.29, 0.717) is 17.0 Å². The lowest BCUT2D eigenvalue weighted by atomic mass is 10.1. The van der Waals surface area contributed by atoms with Gasteiger partial charge in [0.25, 0.3) is 0 Å². The maximum absolute atomic E-state index is 11.7. The molecule has 0 fully saturated rings. The maximum atomic E-state index is 11.7.